The predicted octanol–water partition coefficient (Wildman–Crippen LogP) is 3.54. The van der Waals surface area contributed by atoms with Crippen LogP contribution in [0.3, 0.4) is 0 Å². The SMILES string of the molecule is Cc1ccccc1NC(=O)COc1cc(Cl)ccc1C#N. The number of nitrogens with zero attached hydrogens (tertiary/aromatic N) is 1. The summed E-state index contributed by atoms with van der Waals surface area (Å²) in [5.41, 5.74) is 2.03. The molecular weight excluding hydrogens is 288 g/mol. The largest absolute Gasteiger partial charge is 0.482 e. The summed E-state index contributed by atoms with van der Waals surface area (Å²) < 4.78 is 5.36. The molecule has 0 atom stereocenters. The average molecular weight is 301 g/mol. The summed E-state index contributed by atoms with van der Waals surface area (Å²) in [6.07, 6.45) is 0. The van der Waals surface area contributed by atoms with Gasteiger partial charge < -0.3 is 10.1 Å². The fourth-order valence-electron chi connectivity index (χ4n) is 1.75. The Morgan fingerprint density at radius 2 is 2.10 bits per heavy atom. The average Bonchev–Trinajstić information content (AvgIpc) is 2.48. The molecule has 4 nitrogen and oxygen atoms in total. The van der Waals surface area contributed by atoms with E-state index in [0.717, 1.165) is 11.3 Å². The quantitative estimate of drug-likeness (QED) is 0.939. The van der Waals surface area contributed by atoms with Crippen LogP contribution < -0.4 is 10.1 Å². The fraction of sp³-hybridized carbons (Fsp3) is 0.125. The van der Waals surface area contributed by atoms with E-state index in [1.165, 1.54) is 6.07 Å². The van der Waals surface area contributed by atoms with Crippen LogP contribution in [-0.2, 0) is 4.79 Å². The van der Waals surface area contributed by atoms with Gasteiger partial charge in [-0.3, -0.25) is 4.79 Å². The van der Waals surface area contributed by atoms with E-state index in [2.05, 4.69) is 5.32 Å². The van der Waals surface area contributed by atoms with Crippen LogP contribution >= 0.6 is 11.6 Å². The summed E-state index contributed by atoms with van der Waals surface area (Å²) >= 11 is 5.85. The van der Waals surface area contributed by atoms with Gasteiger partial charge in [-0.2, -0.15) is 5.26 Å². The number of nitriles is 1. The third kappa shape index (κ3) is 3.98. The summed E-state index contributed by atoms with van der Waals surface area (Å²) in [5.74, 6) is -0.00176. The number of ether oxygens (including phenoxy) is 1. The smallest absolute Gasteiger partial charge is 0.262 e. The van der Waals surface area contributed by atoms with Crippen LogP contribution in [-0.4, -0.2) is 12.5 Å². The summed E-state index contributed by atoms with van der Waals surface area (Å²) in [7, 11) is 0. The van der Waals surface area contributed by atoms with Gasteiger partial charge >= 0.3 is 0 Å². The molecule has 1 amide bonds. The lowest BCUT2D eigenvalue weighted by Crippen LogP contribution is -2.20. The van der Waals surface area contributed by atoms with Crippen molar-refractivity contribution in [1.82, 2.24) is 0 Å². The Morgan fingerprint density at radius 1 is 1.33 bits per heavy atom. The van der Waals surface area contributed by atoms with E-state index < -0.39 is 0 Å². The van der Waals surface area contributed by atoms with E-state index in [1.54, 1.807) is 12.1 Å². The van der Waals surface area contributed by atoms with Gasteiger partial charge in [0, 0.05) is 16.8 Å². The van der Waals surface area contributed by atoms with Crippen molar-refractivity contribution in [2.24, 2.45) is 0 Å². The van der Waals surface area contributed by atoms with Crippen molar-refractivity contribution < 1.29 is 9.53 Å². The van der Waals surface area contributed by atoms with Crippen LogP contribution in [0.1, 0.15) is 11.1 Å². The minimum atomic E-state index is -0.298. The van der Waals surface area contributed by atoms with Crippen LogP contribution in [0.2, 0.25) is 5.02 Å². The van der Waals surface area contributed by atoms with Crippen molar-refractivity contribution in [3.63, 3.8) is 0 Å². The number of amides is 1. The Labute approximate surface area is 127 Å². The second-order valence-corrected chi connectivity index (χ2v) is 4.84. The normalized spacial score (nSPS) is 9.76. The number of anilines is 1. The van der Waals surface area contributed by atoms with Crippen LogP contribution in [0.15, 0.2) is 42.5 Å². The standard InChI is InChI=1S/C16H13ClN2O2/c1-11-4-2-3-5-14(11)19-16(20)10-21-15-8-13(17)7-6-12(15)9-18/h2-8H,10H2,1H3,(H,19,20). The molecule has 21 heavy (non-hydrogen) atoms. The van der Waals surface area contributed by atoms with Gasteiger partial charge in [-0.1, -0.05) is 29.8 Å². The molecule has 0 radical (unpaired) electrons. The minimum absolute atomic E-state index is 0.191. The molecular formula is C16H13ClN2O2. The monoisotopic (exact) mass is 300 g/mol. The molecule has 5 heteroatoms. The molecule has 2 rings (SSSR count). The Hall–Kier alpha value is -2.51. The van der Waals surface area contributed by atoms with Gasteiger partial charge in [-0.15, -0.1) is 0 Å². The Kier molecular flexibility index (Phi) is 4.81. The van der Waals surface area contributed by atoms with Crippen molar-refractivity contribution in [2.75, 3.05) is 11.9 Å². The predicted molar refractivity (Wildman–Crippen MR) is 81.5 cm³/mol. The summed E-state index contributed by atoms with van der Waals surface area (Å²) in [4.78, 5) is 11.9. The molecule has 0 saturated carbocycles. The molecule has 0 aliphatic carbocycles. The maximum atomic E-state index is 11.9. The fourth-order valence-corrected chi connectivity index (χ4v) is 1.91. The summed E-state index contributed by atoms with van der Waals surface area (Å²) in [5, 5.41) is 12.2. The molecule has 0 saturated heterocycles. The zero-order valence-corrected chi connectivity index (χ0v) is 12.1. The third-order valence-electron chi connectivity index (χ3n) is 2.84. The number of carbonyl (C=O) groups excluding carboxylic acids is 1. The molecule has 2 aromatic carbocycles. The maximum absolute atomic E-state index is 11.9. The highest BCUT2D eigenvalue weighted by atomic mass is 35.5. The van der Waals surface area contributed by atoms with Crippen LogP contribution in [0.25, 0.3) is 0 Å². The van der Waals surface area contributed by atoms with Crippen LogP contribution in [0, 0.1) is 18.3 Å². The minimum Gasteiger partial charge on any atom is -0.482 e. The molecule has 0 fully saturated rings. The highest BCUT2D eigenvalue weighted by Gasteiger charge is 2.08. The van der Waals surface area contributed by atoms with Crippen LogP contribution in [0.4, 0.5) is 5.69 Å². The Morgan fingerprint density at radius 3 is 2.81 bits per heavy atom. The molecule has 0 heterocycles. The van der Waals surface area contributed by atoms with Crippen LogP contribution in [0.5, 0.6) is 5.75 Å². The van der Waals surface area contributed by atoms with Crippen molar-refractivity contribution >= 4 is 23.2 Å². The molecule has 0 aromatic heterocycles. The van der Waals surface area contributed by atoms with Crippen molar-refractivity contribution in [3.8, 4) is 11.8 Å². The van der Waals surface area contributed by atoms with Gasteiger partial charge in [0.2, 0.25) is 0 Å². The topological polar surface area (TPSA) is 62.1 Å². The van der Waals surface area contributed by atoms with Gasteiger partial charge in [0.05, 0.1) is 5.56 Å². The number of hydrogen-bond acceptors (Lipinski definition) is 3. The highest BCUT2D eigenvalue weighted by Crippen LogP contribution is 2.22. The number of para-hydroxylation sites is 1. The lowest BCUT2D eigenvalue weighted by Gasteiger charge is -2.10. The molecule has 0 aliphatic heterocycles. The first-order valence-corrected chi connectivity index (χ1v) is 6.66. The first kappa shape index (κ1) is 14.9. The lowest BCUT2D eigenvalue weighted by atomic mass is 10.2. The highest BCUT2D eigenvalue weighted by molar-refractivity contribution is 6.30. The third-order valence-corrected chi connectivity index (χ3v) is 3.08. The molecule has 0 bridgehead atoms. The van der Waals surface area contributed by atoms with E-state index in [1.807, 2.05) is 37.3 Å². The number of carbonyl (C=O) groups is 1. The van der Waals surface area contributed by atoms with Crippen molar-refractivity contribution in [3.05, 3.63) is 58.6 Å². The summed E-state index contributed by atoms with van der Waals surface area (Å²) in [6, 6.07) is 14.1. The second-order valence-electron chi connectivity index (χ2n) is 4.40. The summed E-state index contributed by atoms with van der Waals surface area (Å²) in [6.45, 7) is 1.71. The van der Waals surface area contributed by atoms with Crippen molar-refractivity contribution in [2.45, 2.75) is 6.92 Å². The van der Waals surface area contributed by atoms with E-state index in [-0.39, 0.29) is 12.5 Å². The molecule has 2 aromatic rings. The molecule has 0 unspecified atom stereocenters. The van der Waals surface area contributed by atoms with Gasteiger partial charge in [-0.05, 0) is 30.7 Å². The van der Waals surface area contributed by atoms with E-state index in [4.69, 9.17) is 21.6 Å². The van der Waals surface area contributed by atoms with Gasteiger partial charge in [0.25, 0.3) is 5.91 Å². The molecule has 0 spiro atoms. The van der Waals surface area contributed by atoms with Gasteiger partial charge in [0.15, 0.2) is 6.61 Å². The first-order chi connectivity index (χ1) is 10.1. The zero-order chi connectivity index (χ0) is 15.2. The van der Waals surface area contributed by atoms with E-state index in [0.29, 0.717) is 16.3 Å². The van der Waals surface area contributed by atoms with Gasteiger partial charge in [-0.25, -0.2) is 0 Å². The number of nitrogens with one attached hydrogen (secondary N) is 1. The maximum Gasteiger partial charge on any atom is 0.262 e. The van der Waals surface area contributed by atoms with Crippen molar-refractivity contribution in [1.29, 1.82) is 5.26 Å². The lowest BCUT2D eigenvalue weighted by molar-refractivity contribution is -0.118. The zero-order valence-electron chi connectivity index (χ0n) is 11.4. The molecule has 1 N–H and O–H groups in total. The Balaban J connectivity index is 2.01. The first-order valence-electron chi connectivity index (χ1n) is 6.28. The number of aryl methyl sites for hydroxylation is 1. The van der Waals surface area contributed by atoms with Gasteiger partial charge in [0.1, 0.15) is 11.8 Å². The molecule has 106 valence electrons. The number of hydrogen-bond donors (Lipinski definition) is 1. The van der Waals surface area contributed by atoms with E-state index in [9.17, 15) is 4.79 Å². The second kappa shape index (κ2) is 6.78. The Bertz CT molecular complexity index is 708. The number of benzene rings is 2. The number of halogens is 1. The number of rotatable bonds is 4. The van der Waals surface area contributed by atoms with E-state index >= 15 is 0 Å². The molecule has 0 aliphatic rings.